The summed E-state index contributed by atoms with van der Waals surface area (Å²) in [5.41, 5.74) is 7.76. The lowest BCUT2D eigenvalue weighted by molar-refractivity contribution is 0.731. The molecule has 3 aromatic rings. The summed E-state index contributed by atoms with van der Waals surface area (Å²) in [6.07, 6.45) is 3.18. The van der Waals surface area contributed by atoms with Gasteiger partial charge in [0.05, 0.1) is 24.1 Å². The minimum Gasteiger partial charge on any atom is -0.399 e. The zero-order valence-corrected chi connectivity index (χ0v) is 10.2. The summed E-state index contributed by atoms with van der Waals surface area (Å²) in [7, 11) is 0. The highest BCUT2D eigenvalue weighted by Gasteiger charge is 2.06. The molecule has 0 saturated heterocycles. The van der Waals surface area contributed by atoms with Gasteiger partial charge in [-0.25, -0.2) is 4.98 Å². The average Bonchev–Trinajstić information content (AvgIpc) is 2.82. The van der Waals surface area contributed by atoms with Gasteiger partial charge in [0, 0.05) is 11.9 Å². The molecule has 0 saturated carbocycles. The first kappa shape index (κ1) is 10.9. The number of anilines is 1. The standard InChI is InChI=1S/C12H10N4OS/c13-8-1-3-14-9(5-8)6-16-7-15-10-2-4-18-11(10)12(16)17/h1-5,7H,6H2,(H2,13,14). The smallest absolute Gasteiger partial charge is 0.271 e. The van der Waals surface area contributed by atoms with Crippen LogP contribution in [-0.2, 0) is 6.54 Å². The van der Waals surface area contributed by atoms with E-state index in [1.807, 2.05) is 11.4 Å². The number of nitrogen functional groups attached to an aromatic ring is 1. The van der Waals surface area contributed by atoms with Crippen molar-refractivity contribution >= 4 is 27.2 Å². The summed E-state index contributed by atoms with van der Waals surface area (Å²) in [4.78, 5) is 20.6. The van der Waals surface area contributed by atoms with Gasteiger partial charge in [0.2, 0.25) is 0 Å². The van der Waals surface area contributed by atoms with Crippen LogP contribution in [0.15, 0.2) is 40.9 Å². The van der Waals surface area contributed by atoms with Crippen LogP contribution in [0.5, 0.6) is 0 Å². The van der Waals surface area contributed by atoms with Crippen LogP contribution in [0.25, 0.3) is 10.2 Å². The summed E-state index contributed by atoms with van der Waals surface area (Å²) in [6.45, 7) is 0.380. The van der Waals surface area contributed by atoms with Gasteiger partial charge < -0.3 is 5.73 Å². The van der Waals surface area contributed by atoms with Crippen LogP contribution in [0.3, 0.4) is 0 Å². The molecule has 0 unspecified atom stereocenters. The van der Waals surface area contributed by atoms with E-state index in [4.69, 9.17) is 5.73 Å². The third-order valence-corrected chi connectivity index (χ3v) is 3.50. The van der Waals surface area contributed by atoms with E-state index in [-0.39, 0.29) is 5.56 Å². The lowest BCUT2D eigenvalue weighted by Crippen LogP contribution is -2.20. The van der Waals surface area contributed by atoms with Crippen molar-refractivity contribution in [3.8, 4) is 0 Å². The third-order valence-electron chi connectivity index (χ3n) is 2.61. The van der Waals surface area contributed by atoms with Crippen molar-refractivity contribution in [2.24, 2.45) is 0 Å². The Labute approximate surface area is 107 Å². The van der Waals surface area contributed by atoms with Gasteiger partial charge in [-0.1, -0.05) is 0 Å². The maximum Gasteiger partial charge on any atom is 0.271 e. The fraction of sp³-hybridized carbons (Fsp3) is 0.0833. The maximum atomic E-state index is 12.2. The van der Waals surface area contributed by atoms with Crippen molar-refractivity contribution < 1.29 is 0 Å². The maximum absolute atomic E-state index is 12.2. The number of pyridine rings is 1. The second-order valence-electron chi connectivity index (χ2n) is 3.89. The molecule has 0 aliphatic rings. The topological polar surface area (TPSA) is 73.8 Å². The van der Waals surface area contributed by atoms with Crippen molar-refractivity contribution in [3.05, 3.63) is 52.2 Å². The molecule has 0 atom stereocenters. The molecule has 3 rings (SSSR count). The van der Waals surface area contributed by atoms with E-state index in [1.54, 1.807) is 29.2 Å². The zero-order chi connectivity index (χ0) is 12.5. The Kier molecular flexibility index (Phi) is 2.56. The molecule has 0 bridgehead atoms. The minimum atomic E-state index is -0.0424. The lowest BCUT2D eigenvalue weighted by atomic mass is 10.3. The fourth-order valence-electron chi connectivity index (χ4n) is 1.75. The summed E-state index contributed by atoms with van der Waals surface area (Å²) < 4.78 is 2.21. The van der Waals surface area contributed by atoms with E-state index in [9.17, 15) is 4.79 Å². The van der Waals surface area contributed by atoms with Gasteiger partial charge in [-0.2, -0.15) is 0 Å². The number of hydrogen-bond donors (Lipinski definition) is 1. The summed E-state index contributed by atoms with van der Waals surface area (Å²) >= 11 is 1.40. The van der Waals surface area contributed by atoms with E-state index >= 15 is 0 Å². The molecule has 0 amide bonds. The van der Waals surface area contributed by atoms with E-state index in [2.05, 4.69) is 9.97 Å². The molecule has 18 heavy (non-hydrogen) atoms. The summed E-state index contributed by atoms with van der Waals surface area (Å²) in [6, 6.07) is 5.31. The number of fused-ring (bicyclic) bond motifs is 1. The van der Waals surface area contributed by atoms with Gasteiger partial charge in [-0.3, -0.25) is 14.3 Å². The van der Waals surface area contributed by atoms with Gasteiger partial charge in [0.15, 0.2) is 0 Å². The van der Waals surface area contributed by atoms with Crippen LogP contribution in [0, 0.1) is 0 Å². The Bertz CT molecular complexity index is 762. The molecule has 6 heteroatoms. The molecular weight excluding hydrogens is 248 g/mol. The van der Waals surface area contributed by atoms with Gasteiger partial charge in [-0.15, -0.1) is 11.3 Å². The van der Waals surface area contributed by atoms with Crippen molar-refractivity contribution in [2.45, 2.75) is 6.54 Å². The van der Waals surface area contributed by atoms with Gasteiger partial charge in [-0.05, 0) is 23.6 Å². The van der Waals surface area contributed by atoms with E-state index in [1.165, 1.54) is 11.3 Å². The fourth-order valence-corrected chi connectivity index (χ4v) is 2.54. The molecule has 0 spiro atoms. The Hall–Kier alpha value is -2.21. The number of nitrogens with two attached hydrogens (primary N) is 1. The largest absolute Gasteiger partial charge is 0.399 e. The Morgan fingerprint density at radius 1 is 1.33 bits per heavy atom. The first-order valence-corrected chi connectivity index (χ1v) is 6.25. The van der Waals surface area contributed by atoms with E-state index in [0.717, 1.165) is 11.2 Å². The SMILES string of the molecule is Nc1ccnc(Cn2cnc3ccsc3c2=O)c1. The Balaban J connectivity index is 2.05. The lowest BCUT2D eigenvalue weighted by Gasteiger charge is -2.05. The molecule has 3 heterocycles. The Morgan fingerprint density at radius 3 is 3.06 bits per heavy atom. The normalized spacial score (nSPS) is 10.9. The molecule has 0 aromatic carbocycles. The highest BCUT2D eigenvalue weighted by atomic mass is 32.1. The predicted octanol–water partition coefficient (Wildman–Crippen LogP) is 1.48. The van der Waals surface area contributed by atoms with Crippen LogP contribution in [0.4, 0.5) is 5.69 Å². The number of nitrogens with zero attached hydrogens (tertiary/aromatic N) is 3. The molecule has 3 aromatic heterocycles. The second kappa shape index (κ2) is 4.23. The quantitative estimate of drug-likeness (QED) is 0.755. The molecule has 90 valence electrons. The third kappa shape index (κ3) is 1.86. The average molecular weight is 258 g/mol. The molecule has 2 N–H and O–H groups in total. The van der Waals surface area contributed by atoms with E-state index < -0.39 is 0 Å². The van der Waals surface area contributed by atoms with Gasteiger partial charge in [0.1, 0.15) is 4.70 Å². The monoisotopic (exact) mass is 258 g/mol. The number of aromatic nitrogens is 3. The molecule has 0 aliphatic heterocycles. The summed E-state index contributed by atoms with van der Waals surface area (Å²) in [5, 5.41) is 1.86. The zero-order valence-electron chi connectivity index (χ0n) is 9.41. The van der Waals surface area contributed by atoms with Crippen molar-refractivity contribution in [2.75, 3.05) is 5.73 Å². The molecule has 5 nitrogen and oxygen atoms in total. The van der Waals surface area contributed by atoms with Crippen LogP contribution < -0.4 is 11.3 Å². The molecule has 0 aliphatic carbocycles. The summed E-state index contributed by atoms with van der Waals surface area (Å²) in [5.74, 6) is 0. The second-order valence-corrected chi connectivity index (χ2v) is 4.81. The van der Waals surface area contributed by atoms with Crippen molar-refractivity contribution in [3.63, 3.8) is 0 Å². The number of hydrogen-bond acceptors (Lipinski definition) is 5. The molecule has 0 radical (unpaired) electrons. The van der Waals surface area contributed by atoms with Crippen molar-refractivity contribution in [1.82, 2.24) is 14.5 Å². The van der Waals surface area contributed by atoms with Crippen LogP contribution in [0.2, 0.25) is 0 Å². The van der Waals surface area contributed by atoms with E-state index in [0.29, 0.717) is 16.9 Å². The first-order chi connectivity index (χ1) is 8.74. The highest BCUT2D eigenvalue weighted by Crippen LogP contribution is 2.13. The minimum absolute atomic E-state index is 0.0424. The number of thiophene rings is 1. The van der Waals surface area contributed by atoms with Crippen LogP contribution in [-0.4, -0.2) is 14.5 Å². The highest BCUT2D eigenvalue weighted by molar-refractivity contribution is 7.17. The van der Waals surface area contributed by atoms with Crippen molar-refractivity contribution in [1.29, 1.82) is 0 Å². The molecular formula is C12H10N4OS. The van der Waals surface area contributed by atoms with Crippen LogP contribution in [0.1, 0.15) is 5.69 Å². The Morgan fingerprint density at radius 2 is 2.22 bits per heavy atom. The predicted molar refractivity (Wildman–Crippen MR) is 71.6 cm³/mol. The number of rotatable bonds is 2. The van der Waals surface area contributed by atoms with Gasteiger partial charge in [0.25, 0.3) is 5.56 Å². The molecule has 0 fully saturated rings. The van der Waals surface area contributed by atoms with Gasteiger partial charge >= 0.3 is 0 Å². The van der Waals surface area contributed by atoms with Crippen LogP contribution >= 0.6 is 11.3 Å². The first-order valence-electron chi connectivity index (χ1n) is 5.37.